The molecule has 1 saturated heterocycles. The zero-order valence-electron chi connectivity index (χ0n) is 9.00. The molecule has 3 atom stereocenters. The molecule has 1 heterocycles. The van der Waals surface area contributed by atoms with E-state index in [9.17, 15) is 4.79 Å². The van der Waals surface area contributed by atoms with Crippen molar-refractivity contribution in [2.24, 2.45) is 11.8 Å². The second-order valence-electron chi connectivity index (χ2n) is 4.87. The summed E-state index contributed by atoms with van der Waals surface area (Å²) < 4.78 is 5.45. The summed E-state index contributed by atoms with van der Waals surface area (Å²) in [5, 5.41) is 0. The van der Waals surface area contributed by atoms with Gasteiger partial charge < -0.3 is 4.74 Å². The van der Waals surface area contributed by atoms with Gasteiger partial charge in [-0.15, -0.1) is 0 Å². The van der Waals surface area contributed by atoms with Crippen LogP contribution in [0.1, 0.15) is 45.4 Å². The van der Waals surface area contributed by atoms with Crippen molar-refractivity contribution < 1.29 is 9.53 Å². The van der Waals surface area contributed by atoms with Gasteiger partial charge in [0.2, 0.25) is 0 Å². The van der Waals surface area contributed by atoms with E-state index in [2.05, 4.69) is 6.92 Å². The Morgan fingerprint density at radius 2 is 2.07 bits per heavy atom. The van der Waals surface area contributed by atoms with Crippen molar-refractivity contribution in [3.63, 3.8) is 0 Å². The highest BCUT2D eigenvalue weighted by molar-refractivity contribution is 5.85. The van der Waals surface area contributed by atoms with Gasteiger partial charge >= 0.3 is 0 Å². The minimum atomic E-state index is -0.0506. The number of hydrogen-bond acceptors (Lipinski definition) is 2. The fourth-order valence-corrected chi connectivity index (χ4v) is 2.76. The van der Waals surface area contributed by atoms with Gasteiger partial charge in [0, 0.05) is 12.5 Å². The van der Waals surface area contributed by atoms with Crippen LogP contribution in [0.2, 0.25) is 0 Å². The molecule has 2 nitrogen and oxygen atoms in total. The number of hydrogen-bond donors (Lipinski definition) is 0. The minimum Gasteiger partial charge on any atom is -0.370 e. The van der Waals surface area contributed by atoms with Crippen LogP contribution in [0.15, 0.2) is 0 Å². The third-order valence-electron chi connectivity index (χ3n) is 3.59. The second kappa shape index (κ2) is 4.43. The molecule has 0 radical (unpaired) electrons. The smallest absolute Gasteiger partial charge is 0.164 e. The maximum atomic E-state index is 12.0. The summed E-state index contributed by atoms with van der Waals surface area (Å²) in [6, 6.07) is 0. The molecule has 1 saturated carbocycles. The van der Waals surface area contributed by atoms with Crippen LogP contribution < -0.4 is 0 Å². The topological polar surface area (TPSA) is 26.3 Å². The van der Waals surface area contributed by atoms with Crippen LogP contribution in [-0.4, -0.2) is 18.5 Å². The lowest BCUT2D eigenvalue weighted by molar-refractivity contribution is -0.133. The molecule has 0 aromatic carbocycles. The number of ketones is 1. The summed E-state index contributed by atoms with van der Waals surface area (Å²) in [5.41, 5.74) is 0. The van der Waals surface area contributed by atoms with Crippen LogP contribution in [-0.2, 0) is 9.53 Å². The fraction of sp³-hybridized carbons (Fsp3) is 0.917. The average molecular weight is 196 g/mol. The first kappa shape index (κ1) is 10.2. The maximum absolute atomic E-state index is 12.0. The molecule has 0 N–H and O–H groups in total. The Bertz CT molecular complexity index is 206. The molecule has 2 aliphatic rings. The first-order valence-corrected chi connectivity index (χ1v) is 5.92. The molecule has 3 unspecified atom stereocenters. The lowest BCUT2D eigenvalue weighted by Gasteiger charge is -2.27. The molecule has 1 aliphatic heterocycles. The van der Waals surface area contributed by atoms with Crippen molar-refractivity contribution in [3.8, 4) is 0 Å². The first-order chi connectivity index (χ1) is 6.77. The summed E-state index contributed by atoms with van der Waals surface area (Å²) in [4.78, 5) is 12.0. The van der Waals surface area contributed by atoms with E-state index in [0.717, 1.165) is 38.2 Å². The largest absolute Gasteiger partial charge is 0.370 e. The minimum absolute atomic E-state index is 0.0506. The van der Waals surface area contributed by atoms with Crippen LogP contribution in [0.5, 0.6) is 0 Å². The molecule has 0 spiro atoms. The highest BCUT2D eigenvalue weighted by Gasteiger charge is 2.32. The van der Waals surface area contributed by atoms with E-state index in [1.165, 1.54) is 12.8 Å². The molecule has 14 heavy (non-hydrogen) atoms. The Balaban J connectivity index is 1.89. The fourth-order valence-electron chi connectivity index (χ4n) is 2.76. The zero-order valence-corrected chi connectivity index (χ0v) is 9.00. The van der Waals surface area contributed by atoms with Crippen molar-refractivity contribution in [1.82, 2.24) is 0 Å². The summed E-state index contributed by atoms with van der Waals surface area (Å²) in [6.45, 7) is 3.05. The van der Waals surface area contributed by atoms with E-state index in [-0.39, 0.29) is 6.10 Å². The molecule has 0 aromatic rings. The monoisotopic (exact) mass is 196 g/mol. The molecule has 2 rings (SSSR count). The Labute approximate surface area is 86.0 Å². The second-order valence-corrected chi connectivity index (χ2v) is 4.87. The molecular weight excluding hydrogens is 176 g/mol. The third-order valence-corrected chi connectivity index (χ3v) is 3.59. The van der Waals surface area contributed by atoms with E-state index in [1.54, 1.807) is 0 Å². The lowest BCUT2D eigenvalue weighted by Crippen LogP contribution is -2.30. The third kappa shape index (κ3) is 2.17. The van der Waals surface area contributed by atoms with Crippen LogP contribution in [0.25, 0.3) is 0 Å². The van der Waals surface area contributed by atoms with Gasteiger partial charge in [0.1, 0.15) is 6.10 Å². The van der Waals surface area contributed by atoms with Crippen LogP contribution >= 0.6 is 0 Å². The van der Waals surface area contributed by atoms with Gasteiger partial charge in [0.25, 0.3) is 0 Å². The quantitative estimate of drug-likeness (QED) is 0.678. The van der Waals surface area contributed by atoms with Gasteiger partial charge in [-0.25, -0.2) is 0 Å². The van der Waals surface area contributed by atoms with Crippen molar-refractivity contribution in [3.05, 3.63) is 0 Å². The predicted octanol–water partition coefficient (Wildman–Crippen LogP) is 2.56. The summed E-state index contributed by atoms with van der Waals surface area (Å²) in [5.74, 6) is 1.44. The highest BCUT2D eigenvalue weighted by atomic mass is 16.5. The predicted molar refractivity (Wildman–Crippen MR) is 55.1 cm³/mol. The highest BCUT2D eigenvalue weighted by Crippen LogP contribution is 2.31. The Morgan fingerprint density at radius 3 is 2.71 bits per heavy atom. The average Bonchev–Trinajstić information content (AvgIpc) is 2.69. The van der Waals surface area contributed by atoms with Gasteiger partial charge in [-0.05, 0) is 31.6 Å². The number of carbonyl (C=O) groups is 1. The molecule has 0 bridgehead atoms. The van der Waals surface area contributed by atoms with E-state index in [1.807, 2.05) is 0 Å². The van der Waals surface area contributed by atoms with Gasteiger partial charge in [-0.2, -0.15) is 0 Å². The molecule has 1 aliphatic carbocycles. The zero-order chi connectivity index (χ0) is 9.97. The molecular formula is C12H20O2. The first-order valence-electron chi connectivity index (χ1n) is 5.92. The Morgan fingerprint density at radius 1 is 1.21 bits per heavy atom. The number of Topliss-reactive ketones (excluding diaryl/α,β-unsaturated/α-hetero) is 1. The lowest BCUT2D eigenvalue weighted by atomic mass is 9.79. The van der Waals surface area contributed by atoms with Gasteiger partial charge in [0.15, 0.2) is 5.78 Å². The number of ether oxygens (including phenoxy) is 1. The van der Waals surface area contributed by atoms with E-state index in [0.29, 0.717) is 11.7 Å². The van der Waals surface area contributed by atoms with Crippen LogP contribution in [0.4, 0.5) is 0 Å². The van der Waals surface area contributed by atoms with Crippen LogP contribution in [0.3, 0.4) is 0 Å². The summed E-state index contributed by atoms with van der Waals surface area (Å²) >= 11 is 0. The molecule has 2 heteroatoms. The van der Waals surface area contributed by atoms with Crippen LogP contribution in [0, 0.1) is 11.8 Å². The normalized spacial score (nSPS) is 38.5. The maximum Gasteiger partial charge on any atom is 0.164 e. The number of carbonyl (C=O) groups excluding carboxylic acids is 1. The molecule has 80 valence electrons. The molecule has 0 aromatic heterocycles. The van der Waals surface area contributed by atoms with Crippen molar-refractivity contribution in [2.75, 3.05) is 6.61 Å². The Kier molecular flexibility index (Phi) is 3.22. The SMILES string of the molecule is CC1CCCC(C(=O)C2CCCO2)C1. The van der Waals surface area contributed by atoms with Gasteiger partial charge in [-0.1, -0.05) is 19.8 Å². The van der Waals surface area contributed by atoms with Gasteiger partial charge in [-0.3, -0.25) is 4.79 Å². The van der Waals surface area contributed by atoms with Gasteiger partial charge in [0.05, 0.1) is 0 Å². The summed E-state index contributed by atoms with van der Waals surface area (Å²) in [7, 11) is 0. The van der Waals surface area contributed by atoms with Crippen molar-refractivity contribution in [1.29, 1.82) is 0 Å². The van der Waals surface area contributed by atoms with Crippen molar-refractivity contribution >= 4 is 5.78 Å². The van der Waals surface area contributed by atoms with Crippen molar-refractivity contribution in [2.45, 2.75) is 51.6 Å². The van der Waals surface area contributed by atoms with E-state index < -0.39 is 0 Å². The van der Waals surface area contributed by atoms with E-state index in [4.69, 9.17) is 4.74 Å². The standard InChI is InChI=1S/C12H20O2/c1-9-4-2-5-10(8-9)12(13)11-6-3-7-14-11/h9-11H,2-8H2,1H3. The molecule has 2 fully saturated rings. The number of rotatable bonds is 2. The molecule has 0 amide bonds. The Hall–Kier alpha value is -0.370. The summed E-state index contributed by atoms with van der Waals surface area (Å²) in [6.07, 6.45) is 6.70. The van der Waals surface area contributed by atoms with E-state index >= 15 is 0 Å².